The van der Waals surface area contributed by atoms with Crippen LogP contribution in [0.5, 0.6) is 0 Å². The lowest BCUT2D eigenvalue weighted by Crippen LogP contribution is -2.33. The number of nitrogens with zero attached hydrogens (tertiary/aromatic N) is 2. The van der Waals surface area contributed by atoms with Crippen LogP contribution in [-0.2, 0) is 4.79 Å². The van der Waals surface area contributed by atoms with Gasteiger partial charge < -0.3 is 5.32 Å². The van der Waals surface area contributed by atoms with Crippen molar-refractivity contribution in [1.29, 1.82) is 0 Å². The van der Waals surface area contributed by atoms with Gasteiger partial charge in [0.2, 0.25) is 5.91 Å². The maximum Gasteiger partial charge on any atom is 0.240 e. The van der Waals surface area contributed by atoms with Gasteiger partial charge in [0.05, 0.1) is 18.8 Å². The van der Waals surface area contributed by atoms with E-state index in [0.29, 0.717) is 29.5 Å². The Bertz CT molecular complexity index is 739. The van der Waals surface area contributed by atoms with Gasteiger partial charge in [-0.15, -0.1) is 17.8 Å². The molecule has 0 bridgehead atoms. The van der Waals surface area contributed by atoms with Crippen LogP contribution in [0.15, 0.2) is 23.6 Å². The van der Waals surface area contributed by atoms with Crippen LogP contribution in [0.1, 0.15) is 6.92 Å². The molecule has 0 saturated heterocycles. The van der Waals surface area contributed by atoms with Crippen molar-refractivity contribution in [2.45, 2.75) is 6.92 Å². The first-order valence-corrected chi connectivity index (χ1v) is 7.78. The van der Waals surface area contributed by atoms with Gasteiger partial charge in [-0.05, 0) is 24.7 Å². The van der Waals surface area contributed by atoms with Crippen LogP contribution >= 0.6 is 11.3 Å². The molecule has 1 aromatic heterocycles. The molecule has 1 aromatic carbocycles. The van der Waals surface area contributed by atoms with E-state index in [1.807, 2.05) is 6.92 Å². The Hall–Kier alpha value is -2.30. The van der Waals surface area contributed by atoms with E-state index in [0.717, 1.165) is 12.1 Å². The third-order valence-corrected chi connectivity index (χ3v) is 3.85. The van der Waals surface area contributed by atoms with Gasteiger partial charge in [-0.1, -0.05) is 12.8 Å². The summed E-state index contributed by atoms with van der Waals surface area (Å²) < 4.78 is 26.2. The van der Waals surface area contributed by atoms with E-state index < -0.39 is 11.6 Å². The number of hydrogen-bond donors (Lipinski definition) is 1. The maximum atomic E-state index is 13.2. The van der Waals surface area contributed by atoms with E-state index in [4.69, 9.17) is 6.42 Å². The molecule has 0 unspecified atom stereocenters. The monoisotopic (exact) mass is 335 g/mol. The molecule has 120 valence electrons. The lowest BCUT2D eigenvalue weighted by Gasteiger charge is -2.15. The van der Waals surface area contributed by atoms with Crippen molar-refractivity contribution >= 4 is 22.4 Å². The summed E-state index contributed by atoms with van der Waals surface area (Å²) in [6.07, 6.45) is 5.23. The van der Waals surface area contributed by atoms with E-state index in [9.17, 15) is 13.6 Å². The summed E-state index contributed by atoms with van der Waals surface area (Å²) in [6.45, 7) is 3.13. The number of anilines is 1. The second kappa shape index (κ2) is 7.81. The van der Waals surface area contributed by atoms with Crippen LogP contribution in [0.25, 0.3) is 11.3 Å². The predicted molar refractivity (Wildman–Crippen MR) is 87.0 cm³/mol. The number of thiazole rings is 1. The van der Waals surface area contributed by atoms with Crippen LogP contribution in [0, 0.1) is 24.0 Å². The summed E-state index contributed by atoms with van der Waals surface area (Å²) in [6, 6.07) is 3.55. The molecule has 0 saturated carbocycles. The van der Waals surface area contributed by atoms with E-state index in [-0.39, 0.29) is 12.5 Å². The lowest BCUT2D eigenvalue weighted by atomic mass is 10.2. The second-order valence-corrected chi connectivity index (χ2v) is 5.58. The molecular formula is C16H15F2N3OS. The number of rotatable bonds is 6. The van der Waals surface area contributed by atoms with Gasteiger partial charge in [0.1, 0.15) is 0 Å². The zero-order valence-electron chi connectivity index (χ0n) is 12.5. The third-order valence-electron chi connectivity index (χ3n) is 3.10. The quantitative estimate of drug-likeness (QED) is 0.826. The Labute approximate surface area is 137 Å². The molecule has 2 rings (SSSR count). The van der Waals surface area contributed by atoms with Crippen molar-refractivity contribution in [2.75, 3.05) is 25.0 Å². The molecule has 1 N–H and O–H groups in total. The number of terminal acetylenes is 1. The molecular weight excluding hydrogens is 320 g/mol. The maximum absolute atomic E-state index is 13.2. The molecule has 2 aromatic rings. The number of halogens is 2. The van der Waals surface area contributed by atoms with Gasteiger partial charge >= 0.3 is 0 Å². The number of hydrogen-bond acceptors (Lipinski definition) is 4. The van der Waals surface area contributed by atoms with Crippen molar-refractivity contribution < 1.29 is 13.6 Å². The summed E-state index contributed by atoms with van der Waals surface area (Å²) >= 11 is 1.21. The summed E-state index contributed by atoms with van der Waals surface area (Å²) in [5.74, 6) is 0.414. The van der Waals surface area contributed by atoms with Crippen LogP contribution in [0.4, 0.5) is 13.9 Å². The van der Waals surface area contributed by atoms with Crippen LogP contribution < -0.4 is 5.32 Å². The normalized spacial score (nSPS) is 10.6. The molecule has 0 fully saturated rings. The minimum atomic E-state index is -0.936. The SMILES string of the molecule is C#CCN(CC)CC(=O)Nc1nc(-c2ccc(F)c(F)c2)cs1. The Morgan fingerprint density at radius 1 is 1.43 bits per heavy atom. The van der Waals surface area contributed by atoms with Crippen molar-refractivity contribution in [3.63, 3.8) is 0 Å². The molecule has 0 aliphatic heterocycles. The van der Waals surface area contributed by atoms with Crippen molar-refractivity contribution in [1.82, 2.24) is 9.88 Å². The summed E-state index contributed by atoms with van der Waals surface area (Å²) in [5, 5.41) is 4.73. The first kappa shape index (κ1) is 17.1. The van der Waals surface area contributed by atoms with Crippen molar-refractivity contribution in [2.24, 2.45) is 0 Å². The van der Waals surface area contributed by atoms with Gasteiger partial charge in [-0.2, -0.15) is 0 Å². The Morgan fingerprint density at radius 3 is 2.87 bits per heavy atom. The number of amides is 1. The van der Waals surface area contributed by atoms with Crippen LogP contribution in [0.3, 0.4) is 0 Å². The fourth-order valence-electron chi connectivity index (χ4n) is 1.89. The highest BCUT2D eigenvalue weighted by atomic mass is 32.1. The minimum absolute atomic E-state index is 0.167. The molecule has 1 amide bonds. The Balaban J connectivity index is 2.03. The second-order valence-electron chi connectivity index (χ2n) is 4.72. The largest absolute Gasteiger partial charge is 0.301 e. The first-order valence-electron chi connectivity index (χ1n) is 6.90. The Kier molecular flexibility index (Phi) is 5.79. The average molecular weight is 335 g/mol. The van der Waals surface area contributed by atoms with E-state index in [2.05, 4.69) is 16.2 Å². The molecule has 0 radical (unpaired) electrons. The van der Waals surface area contributed by atoms with Gasteiger partial charge in [-0.25, -0.2) is 13.8 Å². The van der Waals surface area contributed by atoms with Gasteiger partial charge in [0.15, 0.2) is 16.8 Å². The molecule has 23 heavy (non-hydrogen) atoms. The highest BCUT2D eigenvalue weighted by Gasteiger charge is 2.12. The number of carbonyl (C=O) groups is 1. The highest BCUT2D eigenvalue weighted by Crippen LogP contribution is 2.26. The molecule has 1 heterocycles. The number of aromatic nitrogens is 1. The van der Waals surface area contributed by atoms with E-state index in [1.165, 1.54) is 17.4 Å². The zero-order valence-corrected chi connectivity index (χ0v) is 13.3. The smallest absolute Gasteiger partial charge is 0.240 e. The lowest BCUT2D eigenvalue weighted by molar-refractivity contribution is -0.117. The fraction of sp³-hybridized carbons (Fsp3) is 0.250. The molecule has 0 aliphatic carbocycles. The van der Waals surface area contributed by atoms with Crippen molar-refractivity contribution in [3.8, 4) is 23.6 Å². The summed E-state index contributed by atoms with van der Waals surface area (Å²) in [7, 11) is 0. The number of carbonyl (C=O) groups excluding carboxylic acids is 1. The van der Waals surface area contributed by atoms with Gasteiger partial charge in [0.25, 0.3) is 0 Å². The zero-order chi connectivity index (χ0) is 16.8. The van der Waals surface area contributed by atoms with Gasteiger partial charge in [-0.3, -0.25) is 9.69 Å². The fourth-order valence-corrected chi connectivity index (χ4v) is 2.63. The van der Waals surface area contributed by atoms with Crippen molar-refractivity contribution in [3.05, 3.63) is 35.2 Å². The first-order chi connectivity index (χ1) is 11.0. The van der Waals surface area contributed by atoms with Gasteiger partial charge in [0, 0.05) is 10.9 Å². The molecule has 7 heteroatoms. The topological polar surface area (TPSA) is 45.2 Å². The van der Waals surface area contributed by atoms with Crippen LogP contribution in [0.2, 0.25) is 0 Å². The standard InChI is InChI=1S/C16H15F2N3OS/c1-3-7-21(4-2)9-15(22)20-16-19-14(10-23-16)11-5-6-12(17)13(18)8-11/h1,5-6,8,10H,4,7,9H2,2H3,(H,19,20,22). The number of likely N-dealkylation sites (N-methyl/N-ethyl adjacent to an activating group) is 1. The highest BCUT2D eigenvalue weighted by molar-refractivity contribution is 7.14. The summed E-state index contributed by atoms with van der Waals surface area (Å²) in [5.41, 5.74) is 0.920. The van der Waals surface area contributed by atoms with E-state index in [1.54, 1.807) is 10.3 Å². The number of benzene rings is 1. The summed E-state index contributed by atoms with van der Waals surface area (Å²) in [4.78, 5) is 18.0. The van der Waals surface area contributed by atoms with E-state index >= 15 is 0 Å². The van der Waals surface area contributed by atoms with Crippen LogP contribution in [-0.4, -0.2) is 35.4 Å². The molecule has 4 nitrogen and oxygen atoms in total. The number of nitrogens with one attached hydrogen (secondary N) is 1. The molecule has 0 atom stereocenters. The Morgan fingerprint density at radius 2 is 2.22 bits per heavy atom. The molecule has 0 spiro atoms. The average Bonchev–Trinajstić information content (AvgIpc) is 2.98. The third kappa shape index (κ3) is 4.58. The minimum Gasteiger partial charge on any atom is -0.301 e. The predicted octanol–water partition coefficient (Wildman–Crippen LogP) is 2.98. The molecule has 0 aliphatic rings.